The zero-order valence-corrected chi connectivity index (χ0v) is 14.3. The first-order valence-corrected chi connectivity index (χ1v) is 8.52. The summed E-state index contributed by atoms with van der Waals surface area (Å²) in [6.45, 7) is 6.13. The first-order valence-electron chi connectivity index (χ1n) is 7.48. The lowest BCUT2D eigenvalue weighted by Gasteiger charge is -2.13. The molecule has 1 saturated heterocycles. The van der Waals surface area contributed by atoms with Crippen molar-refractivity contribution < 1.29 is 19.1 Å². The summed E-state index contributed by atoms with van der Waals surface area (Å²) in [4.78, 5) is 35.6. The monoisotopic (exact) mass is 317 g/mol. The van der Waals surface area contributed by atoms with Crippen molar-refractivity contribution in [3.05, 3.63) is 0 Å². The molecule has 1 fully saturated rings. The summed E-state index contributed by atoms with van der Waals surface area (Å²) in [5.74, 6) is 0.0110. The van der Waals surface area contributed by atoms with Crippen LogP contribution in [0.3, 0.4) is 0 Å². The van der Waals surface area contributed by atoms with Crippen LogP contribution in [0, 0.1) is 0 Å². The van der Waals surface area contributed by atoms with Crippen LogP contribution < -0.4 is 0 Å². The average molecular weight is 317 g/mol. The Bertz CT molecular complexity index is 345. The first-order chi connectivity index (χ1) is 10.0. The SMILES string of the molecule is CCCCC.CCSC1CC(=O)N(CC(=O)COC)C1=O. The number of carbonyl (C=O) groups is 3. The number of hydrogen-bond acceptors (Lipinski definition) is 5. The largest absolute Gasteiger partial charge is 0.377 e. The summed E-state index contributed by atoms with van der Waals surface area (Å²) in [5, 5.41) is -0.312. The van der Waals surface area contributed by atoms with Crippen molar-refractivity contribution in [1.29, 1.82) is 0 Å². The van der Waals surface area contributed by atoms with E-state index in [2.05, 4.69) is 18.6 Å². The number of likely N-dealkylation sites (tertiary alicyclic amines) is 1. The van der Waals surface area contributed by atoms with Crippen molar-refractivity contribution >= 4 is 29.4 Å². The van der Waals surface area contributed by atoms with Gasteiger partial charge in [0.15, 0.2) is 5.78 Å². The number of unbranched alkanes of at least 4 members (excludes halogenated alkanes) is 2. The van der Waals surface area contributed by atoms with Gasteiger partial charge < -0.3 is 4.74 Å². The minimum atomic E-state index is -0.312. The molecule has 6 heteroatoms. The van der Waals surface area contributed by atoms with Crippen molar-refractivity contribution in [3.63, 3.8) is 0 Å². The predicted molar refractivity (Wildman–Crippen MR) is 85.3 cm³/mol. The van der Waals surface area contributed by atoms with Crippen molar-refractivity contribution in [2.45, 2.75) is 51.7 Å². The molecule has 0 aromatic heterocycles. The molecule has 1 unspecified atom stereocenters. The van der Waals surface area contributed by atoms with Gasteiger partial charge in [-0.05, 0) is 5.75 Å². The molecule has 0 radical (unpaired) electrons. The van der Waals surface area contributed by atoms with E-state index < -0.39 is 0 Å². The van der Waals surface area contributed by atoms with Gasteiger partial charge in [0.2, 0.25) is 11.8 Å². The molecular weight excluding hydrogens is 290 g/mol. The fourth-order valence-electron chi connectivity index (χ4n) is 1.89. The van der Waals surface area contributed by atoms with Crippen LogP contribution >= 0.6 is 11.8 Å². The summed E-state index contributed by atoms with van der Waals surface area (Å²) in [6.07, 6.45) is 4.28. The van der Waals surface area contributed by atoms with Gasteiger partial charge in [-0.2, -0.15) is 0 Å². The molecule has 0 aromatic rings. The lowest BCUT2D eigenvalue weighted by molar-refractivity contribution is -0.142. The highest BCUT2D eigenvalue weighted by atomic mass is 32.2. The molecule has 1 aliphatic heterocycles. The van der Waals surface area contributed by atoms with E-state index in [0.29, 0.717) is 0 Å². The number of hydrogen-bond donors (Lipinski definition) is 0. The Labute approximate surface area is 131 Å². The number of ketones is 1. The van der Waals surface area contributed by atoms with Crippen LogP contribution in [0.1, 0.15) is 46.5 Å². The Morgan fingerprint density at radius 2 is 1.90 bits per heavy atom. The van der Waals surface area contributed by atoms with Crippen molar-refractivity contribution in [1.82, 2.24) is 4.90 Å². The first kappa shape index (κ1) is 20.1. The molecule has 1 atom stereocenters. The molecule has 21 heavy (non-hydrogen) atoms. The van der Waals surface area contributed by atoms with Crippen LogP contribution in [0.4, 0.5) is 0 Å². The van der Waals surface area contributed by atoms with E-state index in [0.717, 1.165) is 10.7 Å². The number of amides is 2. The number of rotatable bonds is 8. The highest BCUT2D eigenvalue weighted by molar-refractivity contribution is 8.00. The molecule has 0 aliphatic carbocycles. The van der Waals surface area contributed by atoms with Gasteiger partial charge in [-0.3, -0.25) is 19.3 Å². The third-order valence-corrected chi connectivity index (χ3v) is 4.02. The van der Waals surface area contributed by atoms with Crippen molar-refractivity contribution in [2.75, 3.05) is 26.0 Å². The van der Waals surface area contributed by atoms with E-state index in [-0.39, 0.29) is 42.4 Å². The standard InChI is InChI=1S/C10H15NO4S.C5H12/c1-3-16-8-4-9(13)11(10(8)14)5-7(12)6-15-2;1-3-5-4-2/h8H,3-6H2,1-2H3;3-5H2,1-2H3. The van der Waals surface area contributed by atoms with E-state index in [1.807, 2.05) is 6.92 Å². The number of Topliss-reactive ketones (excluding diaryl/α,β-unsaturated/α-hetero) is 1. The van der Waals surface area contributed by atoms with E-state index in [1.54, 1.807) is 0 Å². The summed E-state index contributed by atoms with van der Waals surface area (Å²) < 4.78 is 4.65. The van der Waals surface area contributed by atoms with Crippen LogP contribution in [-0.2, 0) is 19.1 Å². The number of nitrogens with zero attached hydrogens (tertiary/aromatic N) is 1. The van der Waals surface area contributed by atoms with Crippen LogP contribution in [-0.4, -0.2) is 53.8 Å². The zero-order chi connectivity index (χ0) is 16.3. The molecule has 122 valence electrons. The lowest BCUT2D eigenvalue weighted by atomic mass is 10.3. The molecule has 0 saturated carbocycles. The highest BCUT2D eigenvalue weighted by Gasteiger charge is 2.39. The maximum atomic E-state index is 11.7. The van der Waals surface area contributed by atoms with Crippen molar-refractivity contribution in [2.24, 2.45) is 0 Å². The molecule has 0 spiro atoms. The predicted octanol–water partition coefficient (Wildman–Crippen LogP) is 2.28. The minimum Gasteiger partial charge on any atom is -0.377 e. The Kier molecular flexibility index (Phi) is 11.3. The number of methoxy groups -OCH3 is 1. The highest BCUT2D eigenvalue weighted by Crippen LogP contribution is 2.24. The van der Waals surface area contributed by atoms with Gasteiger partial charge >= 0.3 is 0 Å². The quantitative estimate of drug-likeness (QED) is 0.643. The number of imide groups is 1. The normalized spacial score (nSPS) is 17.7. The van der Waals surface area contributed by atoms with Gasteiger partial charge in [0.05, 0.1) is 11.8 Å². The molecule has 0 aromatic carbocycles. The van der Waals surface area contributed by atoms with E-state index in [1.165, 1.54) is 38.1 Å². The molecule has 0 N–H and O–H groups in total. The van der Waals surface area contributed by atoms with E-state index >= 15 is 0 Å². The fourth-order valence-corrected chi connectivity index (χ4v) is 2.82. The second-order valence-electron chi connectivity index (χ2n) is 4.79. The van der Waals surface area contributed by atoms with Gasteiger partial charge in [-0.1, -0.05) is 40.0 Å². The molecule has 5 nitrogen and oxygen atoms in total. The van der Waals surface area contributed by atoms with Crippen LogP contribution in [0.15, 0.2) is 0 Å². The maximum absolute atomic E-state index is 11.7. The van der Waals surface area contributed by atoms with Gasteiger partial charge in [-0.15, -0.1) is 11.8 Å². The van der Waals surface area contributed by atoms with Gasteiger partial charge in [0.25, 0.3) is 0 Å². The van der Waals surface area contributed by atoms with Gasteiger partial charge in [0, 0.05) is 13.5 Å². The third-order valence-electron chi connectivity index (χ3n) is 2.92. The number of ether oxygens (including phenoxy) is 1. The lowest BCUT2D eigenvalue weighted by Crippen LogP contribution is -2.37. The number of thioether (sulfide) groups is 1. The Hall–Kier alpha value is -0.880. The number of carbonyl (C=O) groups excluding carboxylic acids is 3. The fraction of sp³-hybridized carbons (Fsp3) is 0.800. The molecular formula is C15H27NO4S. The van der Waals surface area contributed by atoms with E-state index in [9.17, 15) is 14.4 Å². The summed E-state index contributed by atoms with van der Waals surface area (Å²) >= 11 is 1.44. The van der Waals surface area contributed by atoms with Gasteiger partial charge in [0.1, 0.15) is 6.61 Å². The van der Waals surface area contributed by atoms with Crippen molar-refractivity contribution in [3.8, 4) is 0 Å². The Balaban J connectivity index is 0.000000690. The molecule has 1 rings (SSSR count). The smallest absolute Gasteiger partial charge is 0.243 e. The summed E-state index contributed by atoms with van der Waals surface area (Å²) in [6, 6.07) is 0. The van der Waals surface area contributed by atoms with Crippen LogP contribution in [0.2, 0.25) is 0 Å². The van der Waals surface area contributed by atoms with Crippen LogP contribution in [0.5, 0.6) is 0 Å². The third kappa shape index (κ3) is 7.62. The Morgan fingerprint density at radius 1 is 1.29 bits per heavy atom. The second-order valence-corrected chi connectivity index (χ2v) is 6.27. The Morgan fingerprint density at radius 3 is 2.33 bits per heavy atom. The molecule has 1 heterocycles. The second kappa shape index (κ2) is 11.7. The maximum Gasteiger partial charge on any atom is 0.243 e. The minimum absolute atomic E-state index is 0.0668. The summed E-state index contributed by atoms with van der Waals surface area (Å²) in [5.41, 5.74) is 0. The summed E-state index contributed by atoms with van der Waals surface area (Å²) in [7, 11) is 1.40. The van der Waals surface area contributed by atoms with Gasteiger partial charge in [-0.25, -0.2) is 0 Å². The molecule has 0 bridgehead atoms. The van der Waals surface area contributed by atoms with E-state index in [4.69, 9.17) is 0 Å². The van der Waals surface area contributed by atoms with Crippen LogP contribution in [0.25, 0.3) is 0 Å². The average Bonchev–Trinajstić information content (AvgIpc) is 2.69. The molecule has 2 amide bonds. The topological polar surface area (TPSA) is 63.7 Å². The zero-order valence-electron chi connectivity index (χ0n) is 13.5. The molecule has 1 aliphatic rings.